The van der Waals surface area contributed by atoms with Gasteiger partial charge in [-0.25, -0.2) is 21.2 Å². The molecule has 0 unspecified atom stereocenters. The number of hydrogen-bond donors (Lipinski definition) is 1. The highest BCUT2D eigenvalue weighted by Crippen LogP contribution is 2.31. The average Bonchev–Trinajstić information content (AvgIpc) is 3.01. The smallest absolute Gasteiger partial charge is 0.271 e. The van der Waals surface area contributed by atoms with Crippen molar-refractivity contribution in [1.29, 1.82) is 0 Å². The zero-order chi connectivity index (χ0) is 19.9. The second-order valence-electron chi connectivity index (χ2n) is 6.73. The van der Waals surface area contributed by atoms with Crippen molar-refractivity contribution in [3.05, 3.63) is 64.8 Å². The minimum Gasteiger partial charge on any atom is -0.314 e. The molecule has 1 aliphatic heterocycles. The molecule has 3 aromatic rings. The fraction of sp³-hybridized carbons (Fsp3) is 0.263. The van der Waals surface area contributed by atoms with E-state index in [0.29, 0.717) is 17.0 Å². The Labute approximate surface area is 190 Å². The molecule has 2 heterocycles. The quantitative estimate of drug-likeness (QED) is 0.589. The molecule has 0 aliphatic carbocycles. The second kappa shape index (κ2) is 9.80. The Morgan fingerprint density at radius 1 is 1.03 bits per heavy atom. The van der Waals surface area contributed by atoms with Gasteiger partial charge in [-0.1, -0.05) is 17.7 Å². The van der Waals surface area contributed by atoms with Crippen molar-refractivity contribution in [2.45, 2.75) is 11.4 Å². The van der Waals surface area contributed by atoms with Crippen LogP contribution >= 0.6 is 36.4 Å². The highest BCUT2D eigenvalue weighted by molar-refractivity contribution is 7.90. The minimum absolute atomic E-state index is 0. The van der Waals surface area contributed by atoms with Crippen LogP contribution in [0.5, 0.6) is 0 Å². The Morgan fingerprint density at radius 2 is 1.73 bits per heavy atom. The number of fused-ring (bicyclic) bond motifs is 1. The standard InChI is InChI=1S/C19H18ClF2N3O2S.2ClH/c20-16-12-25(28(26,27)19-10-14(21)2-3-17(19)22)18-4-1-13(9-15(16)18)11-24-7-5-23-6-8-24;;/h1-4,9-10,12,23H,5-8,11H2;2*1H. The average molecular weight is 499 g/mol. The Morgan fingerprint density at radius 3 is 2.43 bits per heavy atom. The lowest BCUT2D eigenvalue weighted by molar-refractivity contribution is 0.233. The zero-order valence-corrected chi connectivity index (χ0v) is 18.9. The normalized spacial score (nSPS) is 14.9. The van der Waals surface area contributed by atoms with Crippen LogP contribution in [0, 0.1) is 11.6 Å². The lowest BCUT2D eigenvalue weighted by Gasteiger charge is -2.27. The van der Waals surface area contributed by atoms with Gasteiger partial charge in [0.2, 0.25) is 0 Å². The minimum atomic E-state index is -4.34. The maximum Gasteiger partial charge on any atom is 0.271 e. The highest BCUT2D eigenvalue weighted by atomic mass is 35.5. The van der Waals surface area contributed by atoms with E-state index in [4.69, 9.17) is 11.6 Å². The molecule has 164 valence electrons. The van der Waals surface area contributed by atoms with Crippen LogP contribution in [0.3, 0.4) is 0 Å². The first-order chi connectivity index (χ1) is 13.4. The Bertz CT molecular complexity index is 1150. The molecule has 1 aromatic heterocycles. The lowest BCUT2D eigenvalue weighted by atomic mass is 10.1. The predicted molar refractivity (Wildman–Crippen MR) is 119 cm³/mol. The first-order valence-corrected chi connectivity index (χ1v) is 10.6. The number of rotatable bonds is 4. The van der Waals surface area contributed by atoms with Gasteiger partial charge in [0.1, 0.15) is 16.5 Å². The van der Waals surface area contributed by atoms with Crippen molar-refractivity contribution in [2.75, 3.05) is 26.2 Å². The number of halogens is 5. The number of piperazine rings is 1. The van der Waals surface area contributed by atoms with Crippen LogP contribution in [0.1, 0.15) is 5.56 Å². The van der Waals surface area contributed by atoms with E-state index in [0.717, 1.165) is 54.4 Å². The van der Waals surface area contributed by atoms with E-state index in [2.05, 4.69) is 10.2 Å². The van der Waals surface area contributed by atoms with Crippen LogP contribution in [-0.4, -0.2) is 43.5 Å². The molecule has 4 rings (SSSR count). The first kappa shape index (κ1) is 24.8. The largest absolute Gasteiger partial charge is 0.314 e. The molecule has 0 spiro atoms. The van der Waals surface area contributed by atoms with Gasteiger partial charge in [0.15, 0.2) is 0 Å². The lowest BCUT2D eigenvalue weighted by Crippen LogP contribution is -2.42. The Hall–Kier alpha value is -1.42. The summed E-state index contributed by atoms with van der Waals surface area (Å²) in [6, 6.07) is 7.65. The molecule has 11 heteroatoms. The summed E-state index contributed by atoms with van der Waals surface area (Å²) in [7, 11) is -4.34. The molecular formula is C19H20Cl3F2N3O2S. The summed E-state index contributed by atoms with van der Waals surface area (Å²) in [5, 5.41) is 4.08. The van der Waals surface area contributed by atoms with Crippen molar-refractivity contribution in [2.24, 2.45) is 0 Å². The molecule has 1 saturated heterocycles. The summed E-state index contributed by atoms with van der Waals surface area (Å²) in [4.78, 5) is 1.56. The first-order valence-electron chi connectivity index (χ1n) is 8.79. The van der Waals surface area contributed by atoms with Crippen LogP contribution in [-0.2, 0) is 16.6 Å². The van der Waals surface area contributed by atoms with Crippen molar-refractivity contribution < 1.29 is 17.2 Å². The fourth-order valence-electron chi connectivity index (χ4n) is 3.41. The molecule has 0 bridgehead atoms. The Kier molecular flexibility index (Phi) is 8.12. The van der Waals surface area contributed by atoms with E-state index in [1.807, 2.05) is 12.1 Å². The van der Waals surface area contributed by atoms with Crippen LogP contribution in [0.15, 0.2) is 47.5 Å². The van der Waals surface area contributed by atoms with Gasteiger partial charge >= 0.3 is 0 Å². The third kappa shape index (κ3) is 4.74. The third-order valence-electron chi connectivity index (χ3n) is 4.83. The van der Waals surface area contributed by atoms with Gasteiger partial charge in [0.05, 0.1) is 10.5 Å². The summed E-state index contributed by atoms with van der Waals surface area (Å²) < 4.78 is 54.3. The monoisotopic (exact) mass is 497 g/mol. The number of benzene rings is 2. The van der Waals surface area contributed by atoms with Crippen LogP contribution in [0.2, 0.25) is 5.02 Å². The van der Waals surface area contributed by atoms with Crippen molar-refractivity contribution in [3.8, 4) is 0 Å². The zero-order valence-electron chi connectivity index (χ0n) is 15.6. The second-order valence-corrected chi connectivity index (χ2v) is 8.92. The van der Waals surface area contributed by atoms with Gasteiger partial charge in [-0.05, 0) is 35.9 Å². The van der Waals surface area contributed by atoms with Gasteiger partial charge in [0, 0.05) is 44.3 Å². The summed E-state index contributed by atoms with van der Waals surface area (Å²) in [6.45, 7) is 4.44. The Balaban J connectivity index is 0.00000160. The van der Waals surface area contributed by atoms with Crippen LogP contribution in [0.4, 0.5) is 8.78 Å². The number of hydrogen-bond acceptors (Lipinski definition) is 4. The number of nitrogens with zero attached hydrogens (tertiary/aromatic N) is 2. The third-order valence-corrected chi connectivity index (χ3v) is 6.82. The van der Waals surface area contributed by atoms with Gasteiger partial charge in [-0.15, -0.1) is 24.8 Å². The van der Waals surface area contributed by atoms with E-state index < -0.39 is 26.6 Å². The summed E-state index contributed by atoms with van der Waals surface area (Å²) in [6.07, 6.45) is 1.22. The van der Waals surface area contributed by atoms with Gasteiger partial charge in [-0.2, -0.15) is 0 Å². The molecule has 1 N–H and O–H groups in total. The SMILES string of the molecule is Cl.Cl.O=S(=O)(c1cc(F)ccc1F)n1cc(Cl)c2cc(CN3CCNCC3)ccc21. The van der Waals surface area contributed by atoms with E-state index in [1.54, 1.807) is 6.07 Å². The molecule has 1 fully saturated rings. The maximum absolute atomic E-state index is 14.1. The van der Waals surface area contributed by atoms with Gasteiger partial charge in [-0.3, -0.25) is 4.90 Å². The molecule has 0 saturated carbocycles. The summed E-state index contributed by atoms with van der Waals surface area (Å²) in [5.41, 5.74) is 1.32. The molecular weight excluding hydrogens is 479 g/mol. The predicted octanol–water partition coefficient (Wildman–Crippen LogP) is 4.06. The molecule has 2 aromatic carbocycles. The summed E-state index contributed by atoms with van der Waals surface area (Å²) in [5.74, 6) is -1.85. The van der Waals surface area contributed by atoms with E-state index >= 15 is 0 Å². The van der Waals surface area contributed by atoms with E-state index in [1.165, 1.54) is 6.20 Å². The number of nitrogens with one attached hydrogen (secondary N) is 1. The molecule has 30 heavy (non-hydrogen) atoms. The van der Waals surface area contributed by atoms with Crippen molar-refractivity contribution >= 4 is 57.3 Å². The fourth-order valence-corrected chi connectivity index (χ4v) is 5.17. The molecule has 0 atom stereocenters. The van der Waals surface area contributed by atoms with E-state index in [9.17, 15) is 17.2 Å². The van der Waals surface area contributed by atoms with Gasteiger partial charge < -0.3 is 5.32 Å². The molecule has 0 amide bonds. The molecule has 0 radical (unpaired) electrons. The molecule has 5 nitrogen and oxygen atoms in total. The van der Waals surface area contributed by atoms with Crippen LogP contribution in [0.25, 0.3) is 10.9 Å². The van der Waals surface area contributed by atoms with Crippen molar-refractivity contribution in [3.63, 3.8) is 0 Å². The number of aromatic nitrogens is 1. The van der Waals surface area contributed by atoms with Gasteiger partial charge in [0.25, 0.3) is 10.0 Å². The summed E-state index contributed by atoms with van der Waals surface area (Å²) >= 11 is 6.28. The topological polar surface area (TPSA) is 54.3 Å². The maximum atomic E-state index is 14.1. The van der Waals surface area contributed by atoms with Crippen LogP contribution < -0.4 is 5.32 Å². The molecule has 1 aliphatic rings. The van der Waals surface area contributed by atoms with Crippen molar-refractivity contribution in [1.82, 2.24) is 14.2 Å². The highest BCUT2D eigenvalue weighted by Gasteiger charge is 2.25. The van der Waals surface area contributed by atoms with E-state index in [-0.39, 0.29) is 29.8 Å².